The van der Waals surface area contributed by atoms with Gasteiger partial charge in [0, 0.05) is 12.8 Å². The van der Waals surface area contributed by atoms with E-state index in [9.17, 15) is 0 Å². The van der Waals surface area contributed by atoms with Gasteiger partial charge in [0.25, 0.3) is 0 Å². The van der Waals surface area contributed by atoms with Crippen LogP contribution in [0.25, 0.3) is 0 Å². The minimum atomic E-state index is 0.882. The minimum Gasteiger partial charge on any atom is -0.265 e. The smallest absolute Gasteiger partial charge is 0.177 e. The lowest BCUT2D eigenvalue weighted by Gasteiger charge is -2.14. The molecule has 0 fully saturated rings. The molecule has 0 aromatic heterocycles. The molecule has 1 aromatic rings. The molecule has 0 amide bonds. The standard InChI is InChI=1S/C13H17N3S/c1-3-4-10-5-7-11(8-6-10)12-9-17-13(14-2)16-15-12/h5-8H,3-4,9H2,1-2H3,(H,14,16). The fraction of sp³-hybridized carbons (Fsp3) is 0.385. The van der Waals surface area contributed by atoms with Crippen molar-refractivity contribution in [1.29, 1.82) is 0 Å². The van der Waals surface area contributed by atoms with E-state index in [0.717, 1.165) is 23.1 Å². The summed E-state index contributed by atoms with van der Waals surface area (Å²) < 4.78 is 0. The second-order valence-electron chi connectivity index (χ2n) is 3.93. The number of nitrogens with one attached hydrogen (secondary N) is 1. The summed E-state index contributed by atoms with van der Waals surface area (Å²) in [5, 5.41) is 5.23. The topological polar surface area (TPSA) is 36.8 Å². The van der Waals surface area contributed by atoms with Crippen molar-refractivity contribution in [3.8, 4) is 0 Å². The van der Waals surface area contributed by atoms with E-state index >= 15 is 0 Å². The van der Waals surface area contributed by atoms with Crippen LogP contribution in [0.5, 0.6) is 0 Å². The van der Waals surface area contributed by atoms with Crippen LogP contribution < -0.4 is 5.43 Å². The number of nitrogens with zero attached hydrogens (tertiary/aromatic N) is 2. The second-order valence-corrected chi connectivity index (χ2v) is 4.90. The summed E-state index contributed by atoms with van der Waals surface area (Å²) in [6.45, 7) is 2.20. The maximum atomic E-state index is 4.34. The van der Waals surface area contributed by atoms with Crippen molar-refractivity contribution in [3.05, 3.63) is 35.4 Å². The molecule has 0 radical (unpaired) electrons. The Morgan fingerprint density at radius 1 is 1.35 bits per heavy atom. The van der Waals surface area contributed by atoms with E-state index in [1.54, 1.807) is 18.8 Å². The van der Waals surface area contributed by atoms with Crippen molar-refractivity contribution in [3.63, 3.8) is 0 Å². The van der Waals surface area contributed by atoms with Crippen LogP contribution in [-0.2, 0) is 6.42 Å². The highest BCUT2D eigenvalue weighted by Crippen LogP contribution is 2.14. The zero-order valence-electron chi connectivity index (χ0n) is 10.2. The molecule has 0 saturated carbocycles. The lowest BCUT2D eigenvalue weighted by molar-refractivity contribution is 0.921. The van der Waals surface area contributed by atoms with Gasteiger partial charge in [-0.1, -0.05) is 49.4 Å². The number of amidine groups is 1. The first-order valence-electron chi connectivity index (χ1n) is 5.85. The second kappa shape index (κ2) is 5.87. The summed E-state index contributed by atoms with van der Waals surface area (Å²) in [5.41, 5.74) is 6.63. The van der Waals surface area contributed by atoms with E-state index in [1.807, 2.05) is 0 Å². The largest absolute Gasteiger partial charge is 0.265 e. The molecule has 90 valence electrons. The molecule has 0 aliphatic carbocycles. The molecule has 1 heterocycles. The van der Waals surface area contributed by atoms with Crippen LogP contribution in [0.3, 0.4) is 0 Å². The third kappa shape index (κ3) is 3.09. The molecule has 0 atom stereocenters. The highest BCUT2D eigenvalue weighted by atomic mass is 32.2. The Hall–Kier alpha value is -1.29. The minimum absolute atomic E-state index is 0.882. The van der Waals surface area contributed by atoms with E-state index in [4.69, 9.17) is 0 Å². The summed E-state index contributed by atoms with van der Waals surface area (Å²) in [5.74, 6) is 0.882. The van der Waals surface area contributed by atoms with Crippen molar-refractivity contribution in [2.45, 2.75) is 19.8 Å². The number of aryl methyl sites for hydroxylation is 1. The summed E-state index contributed by atoms with van der Waals surface area (Å²) in [4.78, 5) is 4.08. The number of hydrogen-bond acceptors (Lipinski definition) is 3. The molecular weight excluding hydrogens is 230 g/mol. The highest BCUT2D eigenvalue weighted by Gasteiger charge is 2.11. The van der Waals surface area contributed by atoms with Gasteiger partial charge in [-0.2, -0.15) is 5.10 Å². The maximum absolute atomic E-state index is 4.34. The average molecular weight is 247 g/mol. The van der Waals surface area contributed by atoms with Crippen LogP contribution in [0, 0.1) is 0 Å². The van der Waals surface area contributed by atoms with Crippen LogP contribution in [0.15, 0.2) is 34.4 Å². The fourth-order valence-corrected chi connectivity index (χ4v) is 2.48. The Bertz CT molecular complexity index is 434. The third-order valence-corrected chi connectivity index (χ3v) is 3.63. The van der Waals surface area contributed by atoms with Crippen molar-refractivity contribution in [1.82, 2.24) is 5.43 Å². The van der Waals surface area contributed by atoms with Gasteiger partial charge in [0.05, 0.1) is 5.71 Å². The van der Waals surface area contributed by atoms with Gasteiger partial charge >= 0.3 is 0 Å². The zero-order chi connectivity index (χ0) is 12.1. The Labute approximate surface area is 106 Å². The number of hydrogen-bond donors (Lipinski definition) is 1. The predicted octanol–water partition coefficient (Wildman–Crippen LogP) is 2.67. The molecule has 4 heteroatoms. The van der Waals surface area contributed by atoms with E-state index in [-0.39, 0.29) is 0 Å². The van der Waals surface area contributed by atoms with E-state index in [1.165, 1.54) is 17.5 Å². The predicted molar refractivity (Wildman–Crippen MR) is 75.9 cm³/mol. The fourth-order valence-electron chi connectivity index (χ4n) is 1.73. The van der Waals surface area contributed by atoms with E-state index in [0.29, 0.717) is 0 Å². The van der Waals surface area contributed by atoms with Gasteiger partial charge in [-0.15, -0.1) is 0 Å². The first-order chi connectivity index (χ1) is 8.33. The molecule has 0 spiro atoms. The number of benzene rings is 1. The quantitative estimate of drug-likeness (QED) is 0.891. The number of hydrazone groups is 1. The number of rotatable bonds is 3. The molecule has 3 nitrogen and oxygen atoms in total. The van der Waals surface area contributed by atoms with E-state index in [2.05, 4.69) is 46.7 Å². The Morgan fingerprint density at radius 3 is 2.65 bits per heavy atom. The van der Waals surface area contributed by atoms with Gasteiger partial charge in [0.2, 0.25) is 0 Å². The Morgan fingerprint density at radius 2 is 2.12 bits per heavy atom. The lowest BCUT2D eigenvalue weighted by Crippen LogP contribution is -2.25. The number of aliphatic imine (C=N–C) groups is 1. The van der Waals surface area contributed by atoms with Crippen molar-refractivity contribution in [2.24, 2.45) is 10.1 Å². The maximum Gasteiger partial charge on any atom is 0.177 e. The molecule has 0 saturated heterocycles. The zero-order valence-corrected chi connectivity index (χ0v) is 11.0. The van der Waals surface area contributed by atoms with Crippen LogP contribution in [-0.4, -0.2) is 23.7 Å². The van der Waals surface area contributed by atoms with Crippen molar-refractivity contribution >= 4 is 22.6 Å². The summed E-state index contributed by atoms with van der Waals surface area (Å²) in [6, 6.07) is 8.69. The Balaban J connectivity index is 2.10. The third-order valence-electron chi connectivity index (χ3n) is 2.66. The van der Waals surface area contributed by atoms with Crippen LogP contribution in [0.2, 0.25) is 0 Å². The van der Waals surface area contributed by atoms with E-state index < -0.39 is 0 Å². The van der Waals surface area contributed by atoms with Crippen molar-refractivity contribution in [2.75, 3.05) is 12.8 Å². The van der Waals surface area contributed by atoms with Crippen LogP contribution in [0.4, 0.5) is 0 Å². The van der Waals surface area contributed by atoms with Crippen LogP contribution in [0.1, 0.15) is 24.5 Å². The monoisotopic (exact) mass is 247 g/mol. The molecular formula is C13H17N3S. The number of thioether (sulfide) groups is 1. The molecule has 1 aliphatic heterocycles. The molecule has 2 rings (SSSR count). The van der Waals surface area contributed by atoms with Gasteiger partial charge in [-0.25, -0.2) is 0 Å². The first kappa shape index (κ1) is 12.2. The highest BCUT2D eigenvalue weighted by molar-refractivity contribution is 8.14. The summed E-state index contributed by atoms with van der Waals surface area (Å²) in [7, 11) is 1.77. The molecule has 0 bridgehead atoms. The molecule has 17 heavy (non-hydrogen) atoms. The summed E-state index contributed by atoms with van der Waals surface area (Å²) in [6.07, 6.45) is 2.33. The molecule has 0 unspecified atom stereocenters. The SMILES string of the molecule is CCCc1ccc(C2=NNC(=NC)SC2)cc1. The van der Waals surface area contributed by atoms with Gasteiger partial charge in [-0.3, -0.25) is 10.4 Å². The van der Waals surface area contributed by atoms with Crippen LogP contribution >= 0.6 is 11.8 Å². The Kier molecular flexibility index (Phi) is 4.20. The molecule has 1 aromatic carbocycles. The molecule has 1 aliphatic rings. The average Bonchev–Trinajstić information content (AvgIpc) is 2.40. The van der Waals surface area contributed by atoms with Gasteiger partial charge in [0.1, 0.15) is 0 Å². The summed E-state index contributed by atoms with van der Waals surface area (Å²) >= 11 is 1.69. The van der Waals surface area contributed by atoms with Crippen molar-refractivity contribution < 1.29 is 0 Å². The van der Waals surface area contributed by atoms with Gasteiger partial charge < -0.3 is 0 Å². The lowest BCUT2D eigenvalue weighted by atomic mass is 10.1. The first-order valence-corrected chi connectivity index (χ1v) is 6.83. The normalized spacial score (nSPS) is 17.8. The van der Waals surface area contributed by atoms with Gasteiger partial charge in [0.15, 0.2) is 5.17 Å². The molecule has 1 N–H and O–H groups in total. The van der Waals surface area contributed by atoms with Gasteiger partial charge in [-0.05, 0) is 17.5 Å².